The van der Waals surface area contributed by atoms with Gasteiger partial charge in [-0.15, -0.1) is 0 Å². The van der Waals surface area contributed by atoms with Crippen LogP contribution in [-0.4, -0.2) is 97.9 Å². The topological polar surface area (TPSA) is 196 Å². The van der Waals surface area contributed by atoms with Gasteiger partial charge in [0, 0.05) is 24.8 Å². The third-order valence-corrected chi connectivity index (χ3v) is 5.30. The Morgan fingerprint density at radius 3 is 1.57 bits per heavy atom. The van der Waals surface area contributed by atoms with Crippen molar-refractivity contribution in [3.8, 4) is 0 Å². The standard InChI is InChI=1S/2C6H13NO4S.C5H11NO4S/c1-4-12(9)11-7-5(2)6(8)10-3;1-4-12(10)11-7(3)5(2)6(8)9;1-4(5(7)9-2)6-10-11(3)8/h5,7H,4H2,1-3H3;5H,4H2,1-3H3,(H,8,9);4,6H,1-3H3. The molecule has 0 aliphatic heterocycles. The van der Waals surface area contributed by atoms with Crippen LogP contribution in [-0.2, 0) is 70.0 Å². The third kappa shape index (κ3) is 22.8. The zero-order valence-electron chi connectivity index (χ0n) is 21.3. The maximum atomic E-state index is 10.8. The fraction of sp³-hybridized carbons (Fsp3) is 0.824. The Morgan fingerprint density at radius 2 is 1.26 bits per heavy atom. The Balaban J connectivity index is -0.000000439. The molecule has 0 aromatic carbocycles. The maximum Gasteiger partial charge on any atom is 0.324 e. The molecule has 0 rings (SSSR count). The summed E-state index contributed by atoms with van der Waals surface area (Å²) in [6.45, 7) is 7.95. The third-order valence-electron chi connectivity index (χ3n) is 3.34. The van der Waals surface area contributed by atoms with Crippen molar-refractivity contribution in [1.29, 1.82) is 0 Å². The van der Waals surface area contributed by atoms with Crippen LogP contribution in [0.25, 0.3) is 0 Å². The number of carboxylic acid groups (broad SMARTS) is 1. The highest BCUT2D eigenvalue weighted by molar-refractivity contribution is 7.80. The fourth-order valence-electron chi connectivity index (χ4n) is 1.18. The molecular formula is C17H37N3O12S3. The average Bonchev–Trinajstić information content (AvgIpc) is 2.84. The molecule has 0 aliphatic rings. The van der Waals surface area contributed by atoms with Gasteiger partial charge in [-0.05, 0) is 20.8 Å². The van der Waals surface area contributed by atoms with Crippen LogP contribution in [0.3, 0.4) is 0 Å². The second-order valence-electron chi connectivity index (χ2n) is 6.11. The van der Waals surface area contributed by atoms with E-state index in [-0.39, 0.29) is 0 Å². The highest BCUT2D eigenvalue weighted by atomic mass is 32.2. The molecule has 35 heavy (non-hydrogen) atoms. The van der Waals surface area contributed by atoms with Crippen molar-refractivity contribution >= 4 is 51.1 Å². The minimum Gasteiger partial charge on any atom is -0.480 e. The molecule has 0 spiro atoms. The van der Waals surface area contributed by atoms with Crippen molar-refractivity contribution in [2.75, 3.05) is 39.0 Å². The van der Waals surface area contributed by atoms with Gasteiger partial charge in [0.2, 0.25) is 0 Å². The van der Waals surface area contributed by atoms with Crippen molar-refractivity contribution < 1.29 is 54.4 Å². The summed E-state index contributed by atoms with van der Waals surface area (Å²) in [6.07, 6.45) is 1.34. The number of carboxylic acids is 1. The van der Waals surface area contributed by atoms with Gasteiger partial charge in [-0.3, -0.25) is 14.4 Å². The fourth-order valence-corrected chi connectivity index (χ4v) is 2.32. The first-order valence-corrected chi connectivity index (χ1v) is 13.9. The molecule has 0 bridgehead atoms. The van der Waals surface area contributed by atoms with Crippen molar-refractivity contribution in [3.63, 3.8) is 0 Å². The molecule has 18 heteroatoms. The van der Waals surface area contributed by atoms with E-state index < -0.39 is 69.3 Å². The molecule has 6 unspecified atom stereocenters. The van der Waals surface area contributed by atoms with Gasteiger partial charge in [-0.2, -0.15) is 24.6 Å². The van der Waals surface area contributed by atoms with Gasteiger partial charge in [0.15, 0.2) is 33.2 Å². The predicted molar refractivity (Wildman–Crippen MR) is 129 cm³/mol. The summed E-state index contributed by atoms with van der Waals surface area (Å²) in [7, 11) is 3.98. The number of nitrogens with one attached hydrogen (secondary N) is 2. The molecule has 0 saturated carbocycles. The number of carbonyl (C=O) groups is 3. The Kier molecular flexibility index (Phi) is 25.1. The van der Waals surface area contributed by atoms with Crippen LogP contribution in [0.15, 0.2) is 0 Å². The summed E-state index contributed by atoms with van der Waals surface area (Å²) in [5, 5.41) is 9.59. The predicted octanol–water partition coefficient (Wildman–Crippen LogP) is -0.878. The van der Waals surface area contributed by atoms with E-state index >= 15 is 0 Å². The van der Waals surface area contributed by atoms with Gasteiger partial charge >= 0.3 is 17.9 Å². The lowest BCUT2D eigenvalue weighted by atomic mass is 10.3. The molecule has 0 fully saturated rings. The smallest absolute Gasteiger partial charge is 0.324 e. The first-order chi connectivity index (χ1) is 16.2. The van der Waals surface area contributed by atoms with Crippen LogP contribution >= 0.6 is 0 Å². The summed E-state index contributed by atoms with van der Waals surface area (Å²) in [5.74, 6) is -1.21. The van der Waals surface area contributed by atoms with Crippen LogP contribution in [0.1, 0.15) is 34.6 Å². The van der Waals surface area contributed by atoms with Gasteiger partial charge in [0.1, 0.15) is 18.1 Å². The summed E-state index contributed by atoms with van der Waals surface area (Å²) in [6, 6.07) is -2.00. The molecule has 0 aromatic rings. The Labute approximate surface area is 213 Å². The van der Waals surface area contributed by atoms with Gasteiger partial charge in [0.05, 0.1) is 14.2 Å². The molecule has 0 aliphatic carbocycles. The number of hydrogen-bond acceptors (Lipinski definition) is 14. The average molecular weight is 572 g/mol. The molecule has 0 saturated heterocycles. The molecule has 0 radical (unpaired) electrons. The van der Waals surface area contributed by atoms with E-state index in [1.807, 2.05) is 0 Å². The molecule has 3 N–H and O–H groups in total. The first kappa shape index (κ1) is 38.2. The summed E-state index contributed by atoms with van der Waals surface area (Å²) in [5.41, 5.74) is 4.57. The van der Waals surface area contributed by atoms with Crippen molar-refractivity contribution in [1.82, 2.24) is 16.0 Å². The van der Waals surface area contributed by atoms with E-state index in [2.05, 4.69) is 29.0 Å². The first-order valence-electron chi connectivity index (χ1n) is 9.93. The monoisotopic (exact) mass is 571 g/mol. The lowest BCUT2D eigenvalue weighted by Gasteiger charge is -2.18. The number of rotatable bonds is 14. The number of aliphatic carboxylic acids is 1. The molecule has 15 nitrogen and oxygen atoms in total. The highest BCUT2D eigenvalue weighted by Gasteiger charge is 2.19. The van der Waals surface area contributed by atoms with Crippen molar-refractivity contribution in [3.05, 3.63) is 0 Å². The van der Waals surface area contributed by atoms with E-state index in [0.29, 0.717) is 11.5 Å². The Hall–Kier alpha value is -1.38. The highest BCUT2D eigenvalue weighted by Crippen LogP contribution is 1.99. The number of likely N-dealkylation sites (N-methyl/N-ethyl adjacent to an activating group) is 1. The van der Waals surface area contributed by atoms with Crippen LogP contribution < -0.4 is 11.0 Å². The summed E-state index contributed by atoms with van der Waals surface area (Å²) >= 11 is -4.24. The normalized spacial score (nSPS) is 15.6. The van der Waals surface area contributed by atoms with E-state index in [1.54, 1.807) is 27.7 Å². The van der Waals surface area contributed by atoms with Crippen LogP contribution in [0.2, 0.25) is 0 Å². The second-order valence-corrected chi connectivity index (χ2v) is 9.77. The van der Waals surface area contributed by atoms with E-state index in [0.717, 1.165) is 5.06 Å². The molecule has 0 amide bonds. The van der Waals surface area contributed by atoms with Gasteiger partial charge < -0.3 is 14.6 Å². The number of hydrogen-bond donors (Lipinski definition) is 3. The number of nitrogens with zero attached hydrogens (tertiary/aromatic N) is 1. The molecule has 0 aromatic heterocycles. The largest absolute Gasteiger partial charge is 0.480 e. The molecular weight excluding hydrogens is 534 g/mol. The minimum absolute atomic E-state index is 0.344. The number of esters is 2. The van der Waals surface area contributed by atoms with Crippen LogP contribution in [0.5, 0.6) is 0 Å². The Morgan fingerprint density at radius 1 is 0.857 bits per heavy atom. The second kappa shape index (κ2) is 23.0. The SMILES string of the molecule is CCS(=O)ON(C)C(C)C(=O)O.CCS(=O)ONC(C)C(=O)OC.COC(=O)C(C)NOS(C)=O. The molecule has 0 heterocycles. The van der Waals surface area contributed by atoms with E-state index in [4.69, 9.17) is 9.39 Å². The van der Waals surface area contributed by atoms with E-state index in [9.17, 15) is 27.0 Å². The molecule has 210 valence electrons. The van der Waals surface area contributed by atoms with Crippen LogP contribution in [0, 0.1) is 0 Å². The quantitative estimate of drug-likeness (QED) is 0.172. The zero-order valence-corrected chi connectivity index (χ0v) is 23.7. The lowest BCUT2D eigenvalue weighted by molar-refractivity contribution is -0.153. The van der Waals surface area contributed by atoms with Gasteiger partial charge in [-0.25, -0.2) is 16.9 Å². The number of ether oxygens (including phenoxy) is 2. The molecule has 6 atom stereocenters. The number of carbonyl (C=O) groups excluding carboxylic acids is 2. The van der Waals surface area contributed by atoms with E-state index in [1.165, 1.54) is 34.4 Å². The Bertz CT molecular complexity index is 698. The minimum atomic E-state index is -1.43. The maximum absolute atomic E-state index is 10.8. The van der Waals surface area contributed by atoms with Gasteiger partial charge in [0.25, 0.3) is 0 Å². The van der Waals surface area contributed by atoms with Gasteiger partial charge in [-0.1, -0.05) is 13.8 Å². The number of hydroxylamine groups is 4. The lowest BCUT2D eigenvalue weighted by Crippen LogP contribution is -2.36. The summed E-state index contributed by atoms with van der Waals surface area (Å²) < 4.78 is 54.4. The van der Waals surface area contributed by atoms with Crippen LogP contribution in [0.4, 0.5) is 0 Å². The summed E-state index contributed by atoms with van der Waals surface area (Å²) in [4.78, 5) is 31.8. The zero-order chi connectivity index (χ0) is 28.1. The van der Waals surface area contributed by atoms with Crippen molar-refractivity contribution in [2.45, 2.75) is 52.7 Å². The van der Waals surface area contributed by atoms with Crippen molar-refractivity contribution in [2.24, 2.45) is 0 Å². The number of methoxy groups -OCH3 is 2.